The molecule has 3 N–H and O–H groups in total. The lowest BCUT2D eigenvalue weighted by Crippen LogP contribution is -2.42. The largest absolute Gasteiger partial charge is 0.508 e. The molecule has 0 aliphatic carbocycles. The third-order valence-corrected chi connectivity index (χ3v) is 3.83. The lowest BCUT2D eigenvalue weighted by molar-refractivity contribution is 0.172. The molecule has 0 bridgehead atoms. The van der Waals surface area contributed by atoms with Gasteiger partial charge in [0, 0.05) is 12.1 Å². The molecule has 0 spiro atoms. The smallest absolute Gasteiger partial charge is 0.133 e. The molecular weight excluding hydrogens is 288 g/mol. The average Bonchev–Trinajstić information content (AvgIpc) is 2.51. The van der Waals surface area contributed by atoms with Gasteiger partial charge in [0.2, 0.25) is 0 Å². The highest BCUT2D eigenvalue weighted by atomic mass is 19.1. The Morgan fingerprint density at radius 2 is 1.91 bits per heavy atom. The Bertz CT molecular complexity index is 676. The first-order valence-corrected chi connectivity index (χ1v) is 6.96. The van der Waals surface area contributed by atoms with Crippen LogP contribution in [-0.4, -0.2) is 16.8 Å². The average molecular weight is 307 g/mol. The summed E-state index contributed by atoms with van der Waals surface area (Å²) in [6.07, 6.45) is 0. The van der Waals surface area contributed by atoms with Crippen molar-refractivity contribution in [2.75, 3.05) is 6.61 Å². The minimum absolute atomic E-state index is 0.0619. The molecule has 118 valence electrons. The topological polar surface area (TPSA) is 52.5 Å². The summed E-state index contributed by atoms with van der Waals surface area (Å²) in [6.45, 7) is 2.91. The van der Waals surface area contributed by atoms with E-state index >= 15 is 0 Å². The summed E-state index contributed by atoms with van der Waals surface area (Å²) in [6, 6.07) is 9.00. The fraction of sp³-hybridized carbons (Fsp3) is 0.294. The summed E-state index contributed by atoms with van der Waals surface area (Å²) in [5.74, 6) is -1.16. The standard InChI is InChI=1S/C17H19F2NO2/c1-11-6-7-15(18)14(16(11)19)9-20-17(2,10-21)12-4-3-5-13(22)8-12/h3-8,20-22H,9-10H2,1-2H3. The van der Waals surface area contributed by atoms with Crippen LogP contribution in [0.4, 0.5) is 8.78 Å². The fourth-order valence-electron chi connectivity index (χ4n) is 2.26. The van der Waals surface area contributed by atoms with Crippen molar-refractivity contribution in [2.24, 2.45) is 0 Å². The van der Waals surface area contributed by atoms with E-state index in [1.54, 1.807) is 26.0 Å². The third-order valence-electron chi connectivity index (χ3n) is 3.83. The number of halogens is 2. The van der Waals surface area contributed by atoms with Gasteiger partial charge in [-0.2, -0.15) is 0 Å². The van der Waals surface area contributed by atoms with Crippen molar-refractivity contribution in [1.82, 2.24) is 5.32 Å². The van der Waals surface area contributed by atoms with Crippen LogP contribution in [0.25, 0.3) is 0 Å². The van der Waals surface area contributed by atoms with Gasteiger partial charge in [-0.15, -0.1) is 0 Å². The van der Waals surface area contributed by atoms with Crippen LogP contribution in [0.3, 0.4) is 0 Å². The first-order chi connectivity index (χ1) is 10.4. The molecule has 1 atom stereocenters. The Hall–Kier alpha value is -1.98. The minimum atomic E-state index is -0.929. The van der Waals surface area contributed by atoms with Crippen molar-refractivity contribution in [1.29, 1.82) is 0 Å². The summed E-state index contributed by atoms with van der Waals surface area (Å²) in [5, 5.41) is 22.2. The number of nitrogens with one attached hydrogen (secondary N) is 1. The van der Waals surface area contributed by atoms with E-state index in [2.05, 4.69) is 5.32 Å². The summed E-state index contributed by atoms with van der Waals surface area (Å²) in [4.78, 5) is 0. The van der Waals surface area contributed by atoms with Gasteiger partial charge < -0.3 is 15.5 Å². The Morgan fingerprint density at radius 3 is 2.55 bits per heavy atom. The lowest BCUT2D eigenvalue weighted by Gasteiger charge is -2.30. The molecule has 1 unspecified atom stereocenters. The van der Waals surface area contributed by atoms with Crippen LogP contribution in [0, 0.1) is 18.6 Å². The van der Waals surface area contributed by atoms with E-state index in [4.69, 9.17) is 0 Å². The highest BCUT2D eigenvalue weighted by Crippen LogP contribution is 2.25. The number of aryl methyl sites for hydroxylation is 1. The van der Waals surface area contributed by atoms with Gasteiger partial charge in [0.15, 0.2) is 0 Å². The highest BCUT2D eigenvalue weighted by Gasteiger charge is 2.26. The molecule has 5 heteroatoms. The van der Waals surface area contributed by atoms with Crippen LogP contribution < -0.4 is 5.32 Å². The van der Waals surface area contributed by atoms with Gasteiger partial charge in [0.1, 0.15) is 17.4 Å². The molecule has 0 amide bonds. The maximum absolute atomic E-state index is 14.0. The molecule has 0 fully saturated rings. The van der Waals surface area contributed by atoms with Gasteiger partial charge in [-0.3, -0.25) is 0 Å². The summed E-state index contributed by atoms with van der Waals surface area (Å²) in [7, 11) is 0. The van der Waals surface area contributed by atoms with Crippen molar-refractivity contribution in [3.05, 3.63) is 64.7 Å². The molecule has 2 aromatic carbocycles. The van der Waals surface area contributed by atoms with Crippen LogP contribution in [0.5, 0.6) is 5.75 Å². The van der Waals surface area contributed by atoms with Crippen molar-refractivity contribution in [3.8, 4) is 5.75 Å². The zero-order valence-electron chi connectivity index (χ0n) is 12.5. The second kappa shape index (κ2) is 6.42. The molecule has 22 heavy (non-hydrogen) atoms. The van der Waals surface area contributed by atoms with Crippen LogP contribution in [-0.2, 0) is 12.1 Å². The number of aliphatic hydroxyl groups excluding tert-OH is 1. The van der Waals surface area contributed by atoms with E-state index in [1.807, 2.05) is 0 Å². The van der Waals surface area contributed by atoms with Crippen molar-refractivity contribution >= 4 is 0 Å². The van der Waals surface area contributed by atoms with Crippen molar-refractivity contribution in [3.63, 3.8) is 0 Å². The van der Waals surface area contributed by atoms with Crippen LogP contribution in [0.1, 0.15) is 23.6 Å². The molecule has 0 heterocycles. The Balaban J connectivity index is 2.27. The van der Waals surface area contributed by atoms with E-state index in [0.29, 0.717) is 11.1 Å². The van der Waals surface area contributed by atoms with Gasteiger partial charge in [0.05, 0.1) is 12.1 Å². The maximum atomic E-state index is 14.0. The SMILES string of the molecule is Cc1ccc(F)c(CNC(C)(CO)c2cccc(O)c2)c1F. The Morgan fingerprint density at radius 1 is 1.18 bits per heavy atom. The van der Waals surface area contributed by atoms with Crippen molar-refractivity contribution in [2.45, 2.75) is 25.9 Å². The van der Waals surface area contributed by atoms with E-state index in [-0.39, 0.29) is 24.5 Å². The number of hydrogen-bond donors (Lipinski definition) is 3. The number of hydrogen-bond acceptors (Lipinski definition) is 3. The number of rotatable bonds is 5. The van der Waals surface area contributed by atoms with E-state index in [9.17, 15) is 19.0 Å². The second-order valence-corrected chi connectivity index (χ2v) is 5.55. The lowest BCUT2D eigenvalue weighted by atomic mass is 9.92. The third kappa shape index (κ3) is 3.26. The molecule has 0 aliphatic heterocycles. The summed E-state index contributed by atoms with van der Waals surface area (Å²) in [5.41, 5.74) is -0.00832. The zero-order valence-corrected chi connectivity index (χ0v) is 12.5. The van der Waals surface area contributed by atoms with Gasteiger partial charge in [-0.1, -0.05) is 18.2 Å². The van der Waals surface area contributed by atoms with Gasteiger partial charge >= 0.3 is 0 Å². The predicted molar refractivity (Wildman–Crippen MR) is 80.5 cm³/mol. The van der Waals surface area contributed by atoms with Gasteiger partial charge in [0.25, 0.3) is 0 Å². The molecule has 2 aromatic rings. The fourth-order valence-corrected chi connectivity index (χ4v) is 2.26. The van der Waals surface area contributed by atoms with Gasteiger partial charge in [-0.25, -0.2) is 8.78 Å². The summed E-state index contributed by atoms with van der Waals surface area (Å²) >= 11 is 0. The minimum Gasteiger partial charge on any atom is -0.508 e. The summed E-state index contributed by atoms with van der Waals surface area (Å²) < 4.78 is 27.8. The number of aromatic hydroxyl groups is 1. The highest BCUT2D eigenvalue weighted by molar-refractivity contribution is 5.33. The predicted octanol–water partition coefficient (Wildman–Crippen LogP) is 2.98. The molecule has 0 aliphatic rings. The molecule has 2 rings (SSSR count). The monoisotopic (exact) mass is 307 g/mol. The van der Waals surface area contributed by atoms with Gasteiger partial charge in [-0.05, 0) is 43.2 Å². The number of benzene rings is 2. The normalized spacial score (nSPS) is 13.9. The molecule has 3 nitrogen and oxygen atoms in total. The van der Waals surface area contributed by atoms with Crippen molar-refractivity contribution < 1.29 is 19.0 Å². The van der Waals surface area contributed by atoms with Crippen LogP contribution in [0.15, 0.2) is 36.4 Å². The van der Waals surface area contributed by atoms with Crippen LogP contribution >= 0.6 is 0 Å². The van der Waals surface area contributed by atoms with E-state index < -0.39 is 17.2 Å². The number of phenols is 1. The maximum Gasteiger partial charge on any atom is 0.133 e. The first kappa shape index (κ1) is 16.4. The van der Waals surface area contributed by atoms with E-state index in [1.165, 1.54) is 24.3 Å². The molecular formula is C17H19F2NO2. The Kier molecular flexibility index (Phi) is 4.78. The number of aliphatic hydroxyl groups is 1. The molecule has 0 aromatic heterocycles. The quantitative estimate of drug-likeness (QED) is 0.796. The molecule has 0 saturated heterocycles. The second-order valence-electron chi connectivity index (χ2n) is 5.55. The van der Waals surface area contributed by atoms with E-state index in [0.717, 1.165) is 0 Å². The number of phenolic OH excluding ortho intramolecular Hbond substituents is 1. The Labute approximate surface area is 128 Å². The van der Waals surface area contributed by atoms with Crippen LogP contribution in [0.2, 0.25) is 0 Å². The molecule has 0 radical (unpaired) electrons. The molecule has 0 saturated carbocycles. The zero-order chi connectivity index (χ0) is 16.3. The first-order valence-electron chi connectivity index (χ1n) is 6.96.